The van der Waals surface area contributed by atoms with Gasteiger partial charge in [0.25, 0.3) is 0 Å². The van der Waals surface area contributed by atoms with E-state index in [9.17, 15) is 9.90 Å². The van der Waals surface area contributed by atoms with Crippen LogP contribution in [0.15, 0.2) is 78.4 Å². The topological polar surface area (TPSA) is 108 Å². The number of hydrogen-bond acceptors (Lipinski definition) is 7. The van der Waals surface area contributed by atoms with Crippen molar-refractivity contribution in [2.45, 2.75) is 53.3 Å². The highest BCUT2D eigenvalue weighted by Gasteiger charge is 2.19. The number of pyridine rings is 1. The first-order chi connectivity index (χ1) is 18.7. The van der Waals surface area contributed by atoms with Crippen LogP contribution in [0.25, 0.3) is 5.57 Å². The average Bonchev–Trinajstić information content (AvgIpc) is 2.90. The molecule has 0 aliphatic carbocycles. The van der Waals surface area contributed by atoms with Gasteiger partial charge < -0.3 is 25.3 Å². The van der Waals surface area contributed by atoms with Gasteiger partial charge in [-0.2, -0.15) is 0 Å². The van der Waals surface area contributed by atoms with Crippen molar-refractivity contribution in [3.63, 3.8) is 0 Å². The van der Waals surface area contributed by atoms with E-state index in [0.29, 0.717) is 35.5 Å². The molecule has 1 aromatic heterocycles. The molecule has 0 radical (unpaired) electrons. The molecule has 1 aromatic carbocycles. The van der Waals surface area contributed by atoms with Crippen molar-refractivity contribution >= 4 is 23.6 Å². The van der Waals surface area contributed by atoms with Crippen LogP contribution in [0.3, 0.4) is 0 Å². The number of fused-ring (bicyclic) bond motifs is 1. The first-order valence-corrected chi connectivity index (χ1v) is 13.0. The van der Waals surface area contributed by atoms with Crippen LogP contribution in [0.4, 0.5) is 5.82 Å². The molecule has 1 aliphatic heterocycles. The molecule has 0 fully saturated rings. The summed E-state index contributed by atoms with van der Waals surface area (Å²) < 4.78 is 11.7. The van der Waals surface area contributed by atoms with Crippen LogP contribution in [-0.2, 0) is 33.8 Å². The van der Waals surface area contributed by atoms with Crippen molar-refractivity contribution < 1.29 is 19.4 Å². The van der Waals surface area contributed by atoms with Gasteiger partial charge in [0, 0.05) is 30.9 Å². The number of anilines is 1. The fourth-order valence-electron chi connectivity index (χ4n) is 4.38. The number of aliphatic carboxylic acids is 1. The lowest BCUT2D eigenvalue weighted by Gasteiger charge is -2.32. The van der Waals surface area contributed by atoms with E-state index >= 15 is 0 Å². The maximum Gasteiger partial charge on any atom is 0.342 e. The van der Waals surface area contributed by atoms with E-state index < -0.39 is 5.97 Å². The second-order valence-electron chi connectivity index (χ2n) is 9.59. The van der Waals surface area contributed by atoms with Crippen molar-refractivity contribution in [2.75, 3.05) is 18.5 Å². The monoisotopic (exact) mass is 530 g/mol. The first-order valence-electron chi connectivity index (χ1n) is 13.0. The van der Waals surface area contributed by atoms with Gasteiger partial charge in [0.2, 0.25) is 5.88 Å². The van der Waals surface area contributed by atoms with Gasteiger partial charge in [0.15, 0.2) is 0 Å². The van der Waals surface area contributed by atoms with Gasteiger partial charge in [0.05, 0.1) is 12.3 Å². The number of aromatic nitrogens is 1. The first kappa shape index (κ1) is 29.4. The molecule has 3 N–H and O–H groups in total. The van der Waals surface area contributed by atoms with Crippen LogP contribution in [0.1, 0.15) is 50.1 Å². The smallest absolute Gasteiger partial charge is 0.342 e. The van der Waals surface area contributed by atoms with Crippen LogP contribution in [0.5, 0.6) is 0 Å². The van der Waals surface area contributed by atoms with Crippen LogP contribution in [-0.4, -0.2) is 46.4 Å². The van der Waals surface area contributed by atoms with E-state index in [2.05, 4.69) is 60.4 Å². The number of nitrogens with one attached hydrogen (secondary N) is 2. The largest absolute Gasteiger partial charge is 0.488 e. The van der Waals surface area contributed by atoms with Crippen molar-refractivity contribution in [2.24, 2.45) is 0 Å². The number of rotatable bonds is 13. The van der Waals surface area contributed by atoms with Gasteiger partial charge >= 0.3 is 5.97 Å². The Hall–Kier alpha value is -4.17. The number of nitrogens with zero attached hydrogens (tertiary/aromatic N) is 2. The zero-order valence-electron chi connectivity index (χ0n) is 23.2. The molecule has 0 atom stereocenters. The number of hydrogen-bond donors (Lipinski definition) is 3. The van der Waals surface area contributed by atoms with Crippen molar-refractivity contribution in [1.29, 1.82) is 5.41 Å². The molecule has 3 rings (SSSR count). The molecule has 206 valence electrons. The standard InChI is InChI=1S/C31H38N4O4/c1-7-25(27-10-9-11-28(33-27)34-30(38-8-2)26(17-32)31(36)37)29(20(3)4)39-19-22-12-13-24-18-35(21(5)6)15-14-23(24)16-22/h7,9-13,16-17,21,32H,1,3,8,14-15,18-19H2,2,4-6H3,(H,33,34)(H,36,37)/b29-25-,30-26-,32-17?. The lowest BCUT2D eigenvalue weighted by Crippen LogP contribution is -2.35. The molecular weight excluding hydrogens is 492 g/mol. The summed E-state index contributed by atoms with van der Waals surface area (Å²) in [7, 11) is 0. The van der Waals surface area contributed by atoms with Gasteiger partial charge in [-0.25, -0.2) is 9.78 Å². The summed E-state index contributed by atoms with van der Waals surface area (Å²) in [5, 5.41) is 19.8. The Balaban J connectivity index is 1.87. The van der Waals surface area contributed by atoms with Crippen LogP contribution >= 0.6 is 0 Å². The molecule has 0 unspecified atom stereocenters. The minimum Gasteiger partial charge on any atom is -0.488 e. The third-order valence-electron chi connectivity index (χ3n) is 6.44. The highest BCUT2D eigenvalue weighted by molar-refractivity contribution is 6.08. The molecule has 0 spiro atoms. The summed E-state index contributed by atoms with van der Waals surface area (Å²) in [6.45, 7) is 18.8. The van der Waals surface area contributed by atoms with Crippen molar-refractivity contribution in [3.05, 3.63) is 101 Å². The number of benzene rings is 1. The predicted octanol–water partition coefficient (Wildman–Crippen LogP) is 5.93. The van der Waals surface area contributed by atoms with Gasteiger partial charge in [-0.15, -0.1) is 0 Å². The average molecular weight is 531 g/mol. The molecule has 0 bridgehead atoms. The molecule has 8 nitrogen and oxygen atoms in total. The Morgan fingerprint density at radius 1 is 1.26 bits per heavy atom. The van der Waals surface area contributed by atoms with E-state index in [-0.39, 0.29) is 18.1 Å². The number of carboxylic acids is 1. The van der Waals surface area contributed by atoms with Crippen molar-refractivity contribution in [1.82, 2.24) is 9.88 Å². The lowest BCUT2D eigenvalue weighted by atomic mass is 9.96. The fraction of sp³-hybridized carbons (Fsp3) is 0.323. The highest BCUT2D eigenvalue weighted by Crippen LogP contribution is 2.28. The minimum absolute atomic E-state index is 0.0610. The maximum atomic E-state index is 11.5. The Bertz CT molecular complexity index is 1310. The normalized spacial score (nSPS) is 14.5. The second kappa shape index (κ2) is 13.6. The predicted molar refractivity (Wildman–Crippen MR) is 155 cm³/mol. The Labute approximate surface area is 230 Å². The van der Waals surface area contributed by atoms with E-state index in [1.807, 2.05) is 13.0 Å². The summed E-state index contributed by atoms with van der Waals surface area (Å²) >= 11 is 0. The zero-order chi connectivity index (χ0) is 28.5. The number of carboxylic acid groups (broad SMARTS) is 1. The number of carbonyl (C=O) groups is 1. The van der Waals surface area contributed by atoms with Crippen LogP contribution < -0.4 is 5.32 Å². The zero-order valence-corrected chi connectivity index (χ0v) is 23.2. The Morgan fingerprint density at radius 2 is 2.03 bits per heavy atom. The molecule has 39 heavy (non-hydrogen) atoms. The summed E-state index contributed by atoms with van der Waals surface area (Å²) in [6, 6.07) is 12.3. The molecule has 2 heterocycles. The van der Waals surface area contributed by atoms with E-state index in [4.69, 9.17) is 14.9 Å². The molecule has 0 saturated heterocycles. The lowest BCUT2D eigenvalue weighted by molar-refractivity contribution is -0.132. The fourth-order valence-corrected chi connectivity index (χ4v) is 4.38. The van der Waals surface area contributed by atoms with Crippen LogP contribution in [0.2, 0.25) is 0 Å². The second-order valence-corrected chi connectivity index (χ2v) is 9.59. The van der Waals surface area contributed by atoms with E-state index in [1.54, 1.807) is 25.1 Å². The van der Waals surface area contributed by atoms with Gasteiger partial charge in [-0.05, 0) is 68.5 Å². The maximum absolute atomic E-state index is 11.5. The molecule has 2 aromatic rings. The molecule has 1 aliphatic rings. The highest BCUT2D eigenvalue weighted by atomic mass is 16.5. The molecule has 0 saturated carbocycles. The number of ether oxygens (including phenoxy) is 2. The van der Waals surface area contributed by atoms with Crippen LogP contribution in [0, 0.1) is 5.41 Å². The molecule has 8 heteroatoms. The number of allylic oxidation sites excluding steroid dienone is 3. The van der Waals surface area contributed by atoms with Gasteiger partial charge in [-0.3, -0.25) is 4.90 Å². The summed E-state index contributed by atoms with van der Waals surface area (Å²) in [4.78, 5) is 18.6. The van der Waals surface area contributed by atoms with Crippen molar-refractivity contribution in [3.8, 4) is 0 Å². The van der Waals surface area contributed by atoms with Gasteiger partial charge in [0.1, 0.15) is 23.8 Å². The van der Waals surface area contributed by atoms with Gasteiger partial charge in [-0.1, -0.05) is 43.5 Å². The summed E-state index contributed by atoms with van der Waals surface area (Å²) in [5.41, 5.74) is 5.45. The molecular formula is C31H38N4O4. The van der Waals surface area contributed by atoms with E-state index in [0.717, 1.165) is 36.9 Å². The quantitative estimate of drug-likeness (QED) is 0.127. The third-order valence-corrected chi connectivity index (χ3v) is 6.44. The molecule has 0 amide bonds. The Morgan fingerprint density at radius 3 is 2.64 bits per heavy atom. The Kier molecular flexibility index (Phi) is 10.2. The summed E-state index contributed by atoms with van der Waals surface area (Å²) in [5.74, 6) is -0.415. The summed E-state index contributed by atoms with van der Waals surface area (Å²) in [6.07, 6.45) is 3.42. The van der Waals surface area contributed by atoms with E-state index in [1.165, 1.54) is 11.1 Å². The third kappa shape index (κ3) is 7.45. The SMILES string of the molecule is C=C/C(=C(/OCc1ccc2c(c1)CCN(C(C)C)C2)C(=C)C)c1cccc(N/C(OCC)=C(\C=N)C(=O)O)n1. The minimum atomic E-state index is -1.28.